The van der Waals surface area contributed by atoms with Gasteiger partial charge >= 0.3 is 5.97 Å². The molecular formula is C12H19N3O4S. The molecule has 2 N–H and O–H groups in total. The average molecular weight is 301 g/mol. The summed E-state index contributed by atoms with van der Waals surface area (Å²) in [4.78, 5) is 18.2. The van der Waals surface area contributed by atoms with Gasteiger partial charge in [-0.2, -0.15) is 4.31 Å². The molecule has 0 saturated carbocycles. The minimum absolute atomic E-state index is 0.0382. The summed E-state index contributed by atoms with van der Waals surface area (Å²) in [5, 5.41) is 9.36. The lowest BCUT2D eigenvalue weighted by Gasteiger charge is -2.39. The van der Waals surface area contributed by atoms with E-state index in [1.807, 2.05) is 6.92 Å². The van der Waals surface area contributed by atoms with Crippen molar-refractivity contribution in [1.29, 1.82) is 0 Å². The first-order chi connectivity index (χ1) is 9.32. The topological polar surface area (TPSA) is 103 Å². The van der Waals surface area contributed by atoms with E-state index in [9.17, 15) is 18.3 Å². The number of nitrogens with one attached hydrogen (secondary N) is 1. The molecule has 1 atom stereocenters. The summed E-state index contributed by atoms with van der Waals surface area (Å²) in [6, 6.07) is 0. The van der Waals surface area contributed by atoms with E-state index in [2.05, 4.69) is 9.97 Å². The van der Waals surface area contributed by atoms with E-state index in [0.29, 0.717) is 31.5 Å². The number of nitrogens with zero attached hydrogens (tertiary/aromatic N) is 2. The Bertz CT molecular complexity index is 610. The van der Waals surface area contributed by atoms with Gasteiger partial charge in [-0.25, -0.2) is 13.4 Å². The number of sulfonamides is 1. The van der Waals surface area contributed by atoms with E-state index in [1.165, 1.54) is 13.1 Å². The molecule has 0 spiro atoms. The molecule has 8 heteroatoms. The number of imidazole rings is 1. The molecule has 1 aliphatic heterocycles. The zero-order valence-corrected chi connectivity index (χ0v) is 12.4. The van der Waals surface area contributed by atoms with Gasteiger partial charge in [0.2, 0.25) is 0 Å². The van der Waals surface area contributed by atoms with Gasteiger partial charge in [0.25, 0.3) is 10.0 Å². The third-order valence-electron chi connectivity index (χ3n) is 3.79. The number of aliphatic carboxylic acids is 1. The highest BCUT2D eigenvalue weighted by atomic mass is 32.2. The first kappa shape index (κ1) is 15.0. The second-order valence-electron chi connectivity index (χ2n) is 5.16. The van der Waals surface area contributed by atoms with Crippen LogP contribution in [0.5, 0.6) is 0 Å². The van der Waals surface area contributed by atoms with Crippen LogP contribution >= 0.6 is 0 Å². The standard InChI is InChI=1S/C12H19N3O4S/c1-3-9-13-8-10(14-9)20(18,19)15-7-5-4-6-12(15,2)11(16)17/h8H,3-7H2,1-2H3,(H,13,14)(H,16,17). The fraction of sp³-hybridized carbons (Fsp3) is 0.667. The van der Waals surface area contributed by atoms with Gasteiger partial charge in [-0.05, 0) is 26.2 Å². The van der Waals surface area contributed by atoms with Crippen LogP contribution in [0, 0.1) is 0 Å². The number of aromatic amines is 1. The van der Waals surface area contributed by atoms with E-state index < -0.39 is 21.5 Å². The Balaban J connectivity index is 2.43. The number of carbonyl (C=O) groups is 1. The Kier molecular flexibility index (Phi) is 3.88. The van der Waals surface area contributed by atoms with Crippen LogP contribution in [-0.2, 0) is 21.2 Å². The number of carboxylic acids is 1. The minimum atomic E-state index is -3.87. The molecule has 1 aromatic rings. The molecule has 1 unspecified atom stereocenters. The third-order valence-corrected chi connectivity index (χ3v) is 5.72. The van der Waals surface area contributed by atoms with Crippen molar-refractivity contribution in [3.63, 3.8) is 0 Å². The number of hydrogen-bond acceptors (Lipinski definition) is 4. The van der Waals surface area contributed by atoms with Crippen molar-refractivity contribution in [3.05, 3.63) is 12.0 Å². The number of H-pyrrole nitrogens is 1. The van der Waals surface area contributed by atoms with Crippen LogP contribution in [0.4, 0.5) is 0 Å². The van der Waals surface area contributed by atoms with E-state index in [0.717, 1.165) is 4.31 Å². The highest BCUT2D eigenvalue weighted by molar-refractivity contribution is 7.89. The molecule has 7 nitrogen and oxygen atoms in total. The predicted octanol–water partition coefficient (Wildman–Crippen LogP) is 0.990. The van der Waals surface area contributed by atoms with Crippen molar-refractivity contribution in [2.24, 2.45) is 0 Å². The Labute approximate surface area is 118 Å². The maximum absolute atomic E-state index is 12.6. The maximum atomic E-state index is 12.6. The summed E-state index contributed by atoms with van der Waals surface area (Å²) in [6.45, 7) is 3.53. The summed E-state index contributed by atoms with van der Waals surface area (Å²) in [5.74, 6) is -0.548. The van der Waals surface area contributed by atoms with Crippen molar-refractivity contribution in [2.75, 3.05) is 6.54 Å². The number of hydrogen-bond donors (Lipinski definition) is 2. The van der Waals surface area contributed by atoms with Crippen LogP contribution in [0.15, 0.2) is 11.2 Å². The highest BCUT2D eigenvalue weighted by Crippen LogP contribution is 2.33. The molecule has 0 amide bonds. The van der Waals surface area contributed by atoms with Crippen molar-refractivity contribution >= 4 is 16.0 Å². The van der Waals surface area contributed by atoms with Gasteiger partial charge in [0, 0.05) is 13.0 Å². The molecule has 1 aromatic heterocycles. The Hall–Kier alpha value is -1.41. The van der Waals surface area contributed by atoms with Gasteiger partial charge in [0.15, 0.2) is 5.03 Å². The summed E-state index contributed by atoms with van der Waals surface area (Å²) in [6.07, 6.45) is 3.53. The summed E-state index contributed by atoms with van der Waals surface area (Å²) in [7, 11) is -3.87. The first-order valence-electron chi connectivity index (χ1n) is 6.62. The monoisotopic (exact) mass is 301 g/mol. The number of aromatic nitrogens is 2. The molecule has 0 bridgehead atoms. The van der Waals surface area contributed by atoms with E-state index in [4.69, 9.17) is 0 Å². The van der Waals surface area contributed by atoms with Crippen LogP contribution < -0.4 is 0 Å². The lowest BCUT2D eigenvalue weighted by molar-refractivity contribution is -0.149. The van der Waals surface area contributed by atoms with Crippen LogP contribution in [0.3, 0.4) is 0 Å². The zero-order chi connectivity index (χ0) is 15.0. The summed E-state index contributed by atoms with van der Waals surface area (Å²) in [5.41, 5.74) is -1.39. The molecule has 112 valence electrons. The van der Waals surface area contributed by atoms with Crippen LogP contribution in [-0.4, -0.2) is 45.9 Å². The van der Waals surface area contributed by atoms with Gasteiger partial charge in [-0.15, -0.1) is 0 Å². The Morgan fingerprint density at radius 3 is 2.80 bits per heavy atom. The minimum Gasteiger partial charge on any atom is -0.480 e. The predicted molar refractivity (Wildman–Crippen MR) is 71.7 cm³/mol. The maximum Gasteiger partial charge on any atom is 0.324 e. The van der Waals surface area contributed by atoms with Gasteiger partial charge in [-0.1, -0.05) is 6.92 Å². The molecule has 0 radical (unpaired) electrons. The molecule has 1 aliphatic rings. The summed E-state index contributed by atoms with van der Waals surface area (Å²) >= 11 is 0. The van der Waals surface area contributed by atoms with E-state index in [1.54, 1.807) is 0 Å². The van der Waals surface area contributed by atoms with Crippen LogP contribution in [0.1, 0.15) is 38.9 Å². The second-order valence-corrected chi connectivity index (χ2v) is 6.99. The fourth-order valence-electron chi connectivity index (χ4n) is 2.47. The smallest absolute Gasteiger partial charge is 0.324 e. The molecule has 0 aromatic carbocycles. The quantitative estimate of drug-likeness (QED) is 0.863. The number of rotatable bonds is 4. The normalized spacial score (nSPS) is 24.7. The Morgan fingerprint density at radius 2 is 2.25 bits per heavy atom. The van der Waals surface area contributed by atoms with Gasteiger partial charge < -0.3 is 10.1 Å². The van der Waals surface area contributed by atoms with Crippen molar-refractivity contribution < 1.29 is 18.3 Å². The number of carboxylic acid groups (broad SMARTS) is 1. The molecule has 0 aliphatic carbocycles. The third kappa shape index (κ3) is 2.33. The average Bonchev–Trinajstić information content (AvgIpc) is 2.88. The van der Waals surface area contributed by atoms with E-state index in [-0.39, 0.29) is 11.6 Å². The molecule has 1 fully saturated rings. The lowest BCUT2D eigenvalue weighted by atomic mass is 9.91. The number of aryl methyl sites for hydroxylation is 1. The van der Waals surface area contributed by atoms with Gasteiger partial charge in [0.1, 0.15) is 11.4 Å². The van der Waals surface area contributed by atoms with Crippen molar-refractivity contribution in [3.8, 4) is 0 Å². The van der Waals surface area contributed by atoms with Crippen LogP contribution in [0.25, 0.3) is 0 Å². The molecule has 20 heavy (non-hydrogen) atoms. The summed E-state index contributed by atoms with van der Waals surface area (Å²) < 4.78 is 26.3. The molecule has 2 rings (SSSR count). The van der Waals surface area contributed by atoms with Crippen molar-refractivity contribution in [1.82, 2.24) is 14.3 Å². The van der Waals surface area contributed by atoms with Crippen molar-refractivity contribution in [2.45, 2.75) is 50.1 Å². The molecular weight excluding hydrogens is 282 g/mol. The second kappa shape index (κ2) is 5.17. The highest BCUT2D eigenvalue weighted by Gasteiger charge is 2.48. The largest absolute Gasteiger partial charge is 0.480 e. The SMILES string of the molecule is CCc1ncc(S(=O)(=O)N2CCCCC2(C)C(=O)O)[nH]1. The van der Waals surface area contributed by atoms with E-state index >= 15 is 0 Å². The van der Waals surface area contributed by atoms with Gasteiger partial charge in [-0.3, -0.25) is 4.79 Å². The lowest BCUT2D eigenvalue weighted by Crippen LogP contribution is -2.57. The number of piperidine rings is 1. The zero-order valence-electron chi connectivity index (χ0n) is 11.6. The molecule has 1 saturated heterocycles. The fourth-order valence-corrected chi connectivity index (χ4v) is 4.21. The first-order valence-corrected chi connectivity index (χ1v) is 8.06. The van der Waals surface area contributed by atoms with Crippen LogP contribution in [0.2, 0.25) is 0 Å². The Morgan fingerprint density at radius 1 is 1.55 bits per heavy atom. The van der Waals surface area contributed by atoms with Gasteiger partial charge in [0.05, 0.1) is 6.20 Å². The molecule has 2 heterocycles.